The number of nitrogens with zero attached hydrogens (tertiary/aromatic N) is 1. The SMILES string of the molecule is COCCCNc1cc(-c2ccc(OC(F)F)cc2)cc(-c2cc(Cl)c(C)cc2O)n1. The third-order valence-electron chi connectivity index (χ3n) is 4.62. The van der Waals surface area contributed by atoms with Gasteiger partial charge < -0.3 is 19.9 Å². The predicted octanol–water partition coefficient (Wildman–Crippen LogP) is 6.13. The Labute approximate surface area is 184 Å². The highest BCUT2D eigenvalue weighted by Gasteiger charge is 2.13. The lowest BCUT2D eigenvalue weighted by atomic mass is 10.0. The maximum Gasteiger partial charge on any atom is 0.387 e. The molecule has 0 spiro atoms. The van der Waals surface area contributed by atoms with Crippen molar-refractivity contribution in [2.75, 3.05) is 25.6 Å². The number of hydrogen-bond donors (Lipinski definition) is 2. The van der Waals surface area contributed by atoms with Gasteiger partial charge in [-0.1, -0.05) is 23.7 Å². The van der Waals surface area contributed by atoms with Crippen LogP contribution in [0.15, 0.2) is 48.5 Å². The van der Waals surface area contributed by atoms with Gasteiger partial charge >= 0.3 is 6.61 Å². The predicted molar refractivity (Wildman–Crippen MR) is 118 cm³/mol. The molecule has 0 aliphatic heterocycles. The Morgan fingerprint density at radius 1 is 1.10 bits per heavy atom. The Hall–Kier alpha value is -2.90. The van der Waals surface area contributed by atoms with E-state index in [0.29, 0.717) is 35.2 Å². The van der Waals surface area contributed by atoms with Crippen molar-refractivity contribution in [3.8, 4) is 33.9 Å². The monoisotopic (exact) mass is 448 g/mol. The van der Waals surface area contributed by atoms with E-state index in [1.807, 2.05) is 19.1 Å². The number of anilines is 1. The van der Waals surface area contributed by atoms with Crippen LogP contribution in [0, 0.1) is 6.92 Å². The minimum Gasteiger partial charge on any atom is -0.507 e. The summed E-state index contributed by atoms with van der Waals surface area (Å²) >= 11 is 6.27. The first-order chi connectivity index (χ1) is 14.9. The Morgan fingerprint density at radius 3 is 2.52 bits per heavy atom. The van der Waals surface area contributed by atoms with Crippen LogP contribution in [0.2, 0.25) is 5.02 Å². The van der Waals surface area contributed by atoms with Crippen LogP contribution in [0.4, 0.5) is 14.6 Å². The molecule has 0 atom stereocenters. The van der Waals surface area contributed by atoms with Gasteiger partial charge in [0.1, 0.15) is 17.3 Å². The molecule has 0 bridgehead atoms. The molecule has 0 saturated carbocycles. The Morgan fingerprint density at radius 2 is 1.84 bits per heavy atom. The van der Waals surface area contributed by atoms with Gasteiger partial charge in [0, 0.05) is 30.8 Å². The zero-order valence-electron chi connectivity index (χ0n) is 17.2. The molecule has 0 aliphatic carbocycles. The van der Waals surface area contributed by atoms with Crippen molar-refractivity contribution >= 4 is 17.4 Å². The number of rotatable bonds is 9. The van der Waals surface area contributed by atoms with Crippen molar-refractivity contribution in [2.24, 2.45) is 0 Å². The normalized spacial score (nSPS) is 11.0. The Balaban J connectivity index is 2.00. The summed E-state index contributed by atoms with van der Waals surface area (Å²) in [4.78, 5) is 4.62. The molecule has 0 fully saturated rings. The highest BCUT2D eigenvalue weighted by atomic mass is 35.5. The molecule has 0 unspecified atom stereocenters. The number of methoxy groups -OCH3 is 1. The number of aromatic hydroxyl groups is 1. The number of aromatic nitrogens is 1. The van der Waals surface area contributed by atoms with Gasteiger partial charge in [-0.15, -0.1) is 0 Å². The molecular formula is C23H23ClF2N2O3. The number of benzene rings is 2. The van der Waals surface area contributed by atoms with Gasteiger partial charge in [0.15, 0.2) is 0 Å². The van der Waals surface area contributed by atoms with E-state index in [9.17, 15) is 13.9 Å². The number of aryl methyl sites for hydroxylation is 1. The van der Waals surface area contributed by atoms with Crippen LogP contribution in [-0.4, -0.2) is 37.0 Å². The number of phenolic OH excluding ortho intramolecular Hbond substituents is 1. The van der Waals surface area contributed by atoms with E-state index in [4.69, 9.17) is 16.3 Å². The van der Waals surface area contributed by atoms with Gasteiger partial charge in [0.25, 0.3) is 0 Å². The Bertz CT molecular complexity index is 1030. The number of alkyl halides is 2. The fraction of sp³-hybridized carbons (Fsp3) is 0.261. The van der Waals surface area contributed by atoms with Gasteiger partial charge in [-0.25, -0.2) is 4.98 Å². The number of nitrogens with one attached hydrogen (secondary N) is 1. The second-order valence-corrected chi connectivity index (χ2v) is 7.33. The van der Waals surface area contributed by atoms with Crippen LogP contribution in [0.1, 0.15) is 12.0 Å². The minimum atomic E-state index is -2.88. The van der Waals surface area contributed by atoms with Crippen LogP contribution in [0.3, 0.4) is 0 Å². The molecule has 3 aromatic rings. The molecule has 0 radical (unpaired) electrons. The number of halogens is 3. The minimum absolute atomic E-state index is 0.0672. The summed E-state index contributed by atoms with van der Waals surface area (Å²) in [6, 6.07) is 13.3. The molecule has 2 aromatic carbocycles. The topological polar surface area (TPSA) is 63.6 Å². The van der Waals surface area contributed by atoms with Crippen molar-refractivity contribution in [1.29, 1.82) is 0 Å². The van der Waals surface area contributed by atoms with Gasteiger partial charge in [-0.2, -0.15) is 8.78 Å². The molecule has 5 nitrogen and oxygen atoms in total. The van der Waals surface area contributed by atoms with E-state index in [1.54, 1.807) is 31.4 Å². The largest absolute Gasteiger partial charge is 0.507 e. The number of phenols is 1. The standard InChI is InChI=1S/C23H23ClF2N2O3/c1-14-10-21(29)18(13-19(14)24)20-11-16(12-22(28-20)27-8-3-9-30-2)15-4-6-17(7-5-15)31-23(25)26/h4-7,10-13,23,29H,3,8-9H2,1-2H3,(H,27,28). The molecular weight excluding hydrogens is 426 g/mol. The molecule has 164 valence electrons. The summed E-state index contributed by atoms with van der Waals surface area (Å²) in [5, 5.41) is 14.2. The van der Waals surface area contributed by atoms with Crippen molar-refractivity contribution < 1.29 is 23.4 Å². The van der Waals surface area contributed by atoms with Crippen LogP contribution in [0.25, 0.3) is 22.4 Å². The van der Waals surface area contributed by atoms with E-state index in [2.05, 4.69) is 15.0 Å². The lowest BCUT2D eigenvalue weighted by molar-refractivity contribution is -0.0498. The summed E-state index contributed by atoms with van der Waals surface area (Å²) < 4.78 is 34.3. The van der Waals surface area contributed by atoms with Crippen LogP contribution < -0.4 is 10.1 Å². The van der Waals surface area contributed by atoms with Crippen LogP contribution >= 0.6 is 11.6 Å². The maximum atomic E-state index is 12.4. The number of ether oxygens (including phenoxy) is 2. The number of pyridine rings is 1. The van der Waals surface area contributed by atoms with Crippen molar-refractivity contribution in [2.45, 2.75) is 20.0 Å². The Kier molecular flexibility index (Phi) is 7.65. The molecule has 31 heavy (non-hydrogen) atoms. The summed E-state index contributed by atoms with van der Waals surface area (Å²) in [6.07, 6.45) is 0.791. The van der Waals surface area contributed by atoms with E-state index in [-0.39, 0.29) is 11.5 Å². The smallest absolute Gasteiger partial charge is 0.387 e. The summed E-state index contributed by atoms with van der Waals surface area (Å²) in [6.45, 7) is 0.183. The van der Waals surface area contributed by atoms with Crippen LogP contribution in [-0.2, 0) is 4.74 Å². The molecule has 3 rings (SSSR count). The van der Waals surface area contributed by atoms with Crippen molar-refractivity contribution in [1.82, 2.24) is 4.98 Å². The summed E-state index contributed by atoms with van der Waals surface area (Å²) in [5.74, 6) is 0.749. The third kappa shape index (κ3) is 6.06. The first-order valence-electron chi connectivity index (χ1n) is 9.67. The van der Waals surface area contributed by atoms with E-state index >= 15 is 0 Å². The third-order valence-corrected chi connectivity index (χ3v) is 5.03. The highest BCUT2D eigenvalue weighted by Crippen LogP contribution is 2.36. The molecule has 0 aliphatic rings. The fourth-order valence-corrected chi connectivity index (χ4v) is 3.22. The van der Waals surface area contributed by atoms with E-state index in [0.717, 1.165) is 23.1 Å². The molecule has 1 heterocycles. The average Bonchev–Trinajstić information content (AvgIpc) is 2.74. The lowest BCUT2D eigenvalue weighted by Gasteiger charge is -2.13. The second kappa shape index (κ2) is 10.4. The first-order valence-corrected chi connectivity index (χ1v) is 10.0. The average molecular weight is 449 g/mol. The molecule has 8 heteroatoms. The first kappa shape index (κ1) is 22.8. The molecule has 1 aromatic heterocycles. The maximum absolute atomic E-state index is 12.4. The number of hydrogen-bond acceptors (Lipinski definition) is 5. The van der Waals surface area contributed by atoms with Gasteiger partial charge in [-0.3, -0.25) is 0 Å². The van der Waals surface area contributed by atoms with Gasteiger partial charge in [0.05, 0.1) is 5.69 Å². The zero-order valence-corrected chi connectivity index (χ0v) is 17.9. The molecule has 0 amide bonds. The summed E-state index contributed by atoms with van der Waals surface area (Å²) in [7, 11) is 1.64. The van der Waals surface area contributed by atoms with Gasteiger partial charge in [0.2, 0.25) is 0 Å². The van der Waals surface area contributed by atoms with Crippen molar-refractivity contribution in [3.63, 3.8) is 0 Å². The van der Waals surface area contributed by atoms with Gasteiger partial charge in [-0.05, 0) is 66.4 Å². The molecule has 0 saturated heterocycles. The van der Waals surface area contributed by atoms with E-state index < -0.39 is 6.61 Å². The zero-order chi connectivity index (χ0) is 22.4. The highest BCUT2D eigenvalue weighted by molar-refractivity contribution is 6.31. The lowest BCUT2D eigenvalue weighted by Crippen LogP contribution is -2.06. The van der Waals surface area contributed by atoms with Crippen molar-refractivity contribution in [3.05, 3.63) is 59.1 Å². The molecule has 2 N–H and O–H groups in total. The summed E-state index contributed by atoms with van der Waals surface area (Å²) in [5.41, 5.74) is 3.35. The van der Waals surface area contributed by atoms with E-state index in [1.165, 1.54) is 12.1 Å². The van der Waals surface area contributed by atoms with Crippen LogP contribution in [0.5, 0.6) is 11.5 Å². The quantitative estimate of drug-likeness (QED) is 0.385. The second-order valence-electron chi connectivity index (χ2n) is 6.92. The fourth-order valence-electron chi connectivity index (χ4n) is 3.06.